The summed E-state index contributed by atoms with van der Waals surface area (Å²) < 4.78 is 193. The Morgan fingerprint density at radius 1 is 0.537 bits per heavy atom. The third kappa shape index (κ3) is 6.04. The van der Waals surface area contributed by atoms with Gasteiger partial charge in [-0.15, -0.1) is 0 Å². The number of hydrogen-bond acceptors (Lipinski definition) is 3. The highest BCUT2D eigenvalue weighted by atomic mass is 31.2. The number of phosphoric ester groups is 1. The predicted molar refractivity (Wildman–Crippen MR) is 171 cm³/mol. The van der Waals surface area contributed by atoms with Crippen LogP contribution in [0.15, 0.2) is 60.7 Å². The summed E-state index contributed by atoms with van der Waals surface area (Å²) in [6, 6.07) is 6.86. The Morgan fingerprint density at radius 2 is 0.833 bits per heavy atom. The molecule has 0 saturated heterocycles. The van der Waals surface area contributed by atoms with Gasteiger partial charge in [0.25, 0.3) is 0 Å². The van der Waals surface area contributed by atoms with Crippen molar-refractivity contribution in [1.29, 1.82) is 0 Å². The van der Waals surface area contributed by atoms with Gasteiger partial charge in [-0.05, 0) is 82.3 Å². The molecule has 1 heterocycles. The van der Waals surface area contributed by atoms with Gasteiger partial charge in [0, 0.05) is 27.7 Å². The molecule has 288 valence electrons. The van der Waals surface area contributed by atoms with Crippen molar-refractivity contribution in [3.63, 3.8) is 0 Å². The summed E-state index contributed by atoms with van der Waals surface area (Å²) >= 11 is 0. The van der Waals surface area contributed by atoms with Crippen LogP contribution in [0.25, 0.3) is 22.3 Å². The van der Waals surface area contributed by atoms with Crippen molar-refractivity contribution < 1.29 is 71.2 Å². The molecule has 1 N–H and O–H groups in total. The Balaban J connectivity index is 1.60. The maximum Gasteiger partial charge on any atom is 0.584 e. The van der Waals surface area contributed by atoms with E-state index < -0.39 is 105 Å². The smallest absolute Gasteiger partial charge is 0.394 e. The molecule has 0 bridgehead atoms. The normalized spacial score (nSPS) is 19.3. The fourth-order valence-electron chi connectivity index (χ4n) is 8.60. The number of phosphoric acid groups is 1. The van der Waals surface area contributed by atoms with E-state index in [4.69, 9.17) is 9.05 Å². The number of benzene rings is 4. The highest BCUT2D eigenvalue weighted by molar-refractivity contribution is 7.48. The number of hydrogen-bond donors (Lipinski definition) is 1. The molecule has 0 saturated carbocycles. The van der Waals surface area contributed by atoms with Crippen LogP contribution in [0.2, 0.25) is 0 Å². The molecule has 2 aliphatic carbocycles. The molecule has 4 aromatic rings. The van der Waals surface area contributed by atoms with Crippen molar-refractivity contribution in [2.75, 3.05) is 0 Å². The van der Waals surface area contributed by atoms with Gasteiger partial charge < -0.3 is 9.05 Å². The van der Waals surface area contributed by atoms with Gasteiger partial charge in [0.2, 0.25) is 0 Å². The van der Waals surface area contributed by atoms with Gasteiger partial charge in [-0.2, -0.15) is 52.7 Å². The quantitative estimate of drug-likeness (QED) is 0.162. The van der Waals surface area contributed by atoms with Crippen molar-refractivity contribution in [3.05, 3.63) is 105 Å². The molecule has 0 atom stereocenters. The van der Waals surface area contributed by atoms with Gasteiger partial charge in [-0.25, -0.2) is 4.57 Å². The molecule has 7 rings (SSSR count). The molecule has 0 fully saturated rings. The Bertz CT molecular complexity index is 2080. The Labute approximate surface area is 299 Å². The molecule has 54 heavy (non-hydrogen) atoms. The molecule has 3 aliphatic rings. The fraction of sp³-hybridized carbons (Fsp3) is 0.351. The van der Waals surface area contributed by atoms with Crippen molar-refractivity contribution in [2.24, 2.45) is 0 Å². The summed E-state index contributed by atoms with van der Waals surface area (Å²) in [6.07, 6.45) is -20.7. The van der Waals surface area contributed by atoms with Crippen LogP contribution in [0.4, 0.5) is 52.7 Å². The maximum absolute atomic E-state index is 14.0. The zero-order chi connectivity index (χ0) is 40.0. The van der Waals surface area contributed by atoms with Crippen LogP contribution in [0.3, 0.4) is 0 Å². The van der Waals surface area contributed by atoms with Gasteiger partial charge in [0.15, 0.2) is 0 Å². The van der Waals surface area contributed by atoms with Crippen LogP contribution in [0.5, 0.6) is 11.5 Å². The Kier molecular flexibility index (Phi) is 7.91. The Hall–Kier alpha value is -4.17. The van der Waals surface area contributed by atoms with E-state index >= 15 is 0 Å². The van der Waals surface area contributed by atoms with Crippen molar-refractivity contribution in [1.82, 2.24) is 0 Å². The highest BCUT2D eigenvalue weighted by Gasteiger charge is 2.61. The van der Waals surface area contributed by atoms with Gasteiger partial charge in [0.1, 0.15) is 11.5 Å². The molecule has 0 radical (unpaired) electrons. The van der Waals surface area contributed by atoms with Crippen LogP contribution in [-0.4, -0.2) is 4.89 Å². The average Bonchev–Trinajstić information content (AvgIpc) is 3.37. The van der Waals surface area contributed by atoms with Crippen molar-refractivity contribution in [3.8, 4) is 33.8 Å². The molecule has 17 heteroatoms. The number of halogens is 12. The molecule has 1 spiro atoms. The van der Waals surface area contributed by atoms with E-state index in [-0.39, 0.29) is 36.1 Å². The van der Waals surface area contributed by atoms with E-state index in [0.717, 1.165) is 0 Å². The van der Waals surface area contributed by atoms with Crippen LogP contribution in [0.1, 0.15) is 85.0 Å². The van der Waals surface area contributed by atoms with Crippen LogP contribution in [0, 0.1) is 0 Å². The van der Waals surface area contributed by atoms with E-state index in [2.05, 4.69) is 0 Å². The predicted octanol–water partition coefficient (Wildman–Crippen LogP) is 12.6. The summed E-state index contributed by atoms with van der Waals surface area (Å²) in [4.78, 5) is 11.3. The van der Waals surface area contributed by atoms with Crippen LogP contribution in [-0.2, 0) is 45.5 Å². The van der Waals surface area contributed by atoms with E-state index in [0.29, 0.717) is 35.4 Å². The second-order valence-corrected chi connectivity index (χ2v) is 16.5. The first kappa shape index (κ1) is 38.1. The maximum atomic E-state index is 14.0. The fourth-order valence-corrected chi connectivity index (χ4v) is 9.48. The SMILES string of the molecule is CC1(C)CC23CC(C)(C)c4ccc(-c5cc(C(F)(F)F)cc(C(F)(F)F)c5)c(c42)OP(=O)(O)Oc2c(-c4cc(C(F)(F)F)cc(C(F)(F)F)c4)ccc1c23. The first-order chi connectivity index (χ1) is 24.4. The minimum absolute atomic E-state index is 0.0767. The second-order valence-electron chi connectivity index (χ2n) is 15.2. The largest absolute Gasteiger partial charge is 0.584 e. The third-order valence-electron chi connectivity index (χ3n) is 10.4. The lowest BCUT2D eigenvalue weighted by atomic mass is 9.71. The molecule has 0 unspecified atom stereocenters. The molecule has 4 aromatic carbocycles. The molecule has 0 amide bonds. The summed E-state index contributed by atoms with van der Waals surface area (Å²) in [5.74, 6) is -1.09. The van der Waals surface area contributed by atoms with Gasteiger partial charge in [0.05, 0.1) is 22.3 Å². The van der Waals surface area contributed by atoms with Gasteiger partial charge >= 0.3 is 32.5 Å². The van der Waals surface area contributed by atoms with E-state index in [1.54, 1.807) is 27.7 Å². The first-order valence-corrected chi connectivity index (χ1v) is 17.6. The van der Waals surface area contributed by atoms with Crippen LogP contribution >= 0.6 is 7.82 Å². The summed E-state index contributed by atoms with van der Waals surface area (Å²) in [5.41, 5.74) is -10.9. The van der Waals surface area contributed by atoms with Crippen LogP contribution < -0.4 is 9.05 Å². The standard InChI is InChI=1S/C37H27F12O4P/c1-31(2)15-33-16-32(3,4)26-8-6-24(18-11-21(36(44,45)46)14-22(12-18)37(47,48)49)30(28(26)33)53-54(50,51)52-29-23(5-7-25(31)27(29)33)17-9-19(34(38,39)40)13-20(10-17)35(41,42)43/h5-14H,15-16H2,1-4H3,(H,50,51). The Morgan fingerprint density at radius 3 is 1.11 bits per heavy atom. The lowest BCUT2D eigenvalue weighted by Crippen LogP contribution is -2.29. The zero-order valence-electron chi connectivity index (χ0n) is 28.3. The average molecular weight is 795 g/mol. The lowest BCUT2D eigenvalue weighted by molar-refractivity contribution is -0.144. The van der Waals surface area contributed by atoms with Crippen molar-refractivity contribution in [2.45, 2.75) is 81.5 Å². The topological polar surface area (TPSA) is 55.8 Å². The third-order valence-corrected chi connectivity index (χ3v) is 11.3. The second kappa shape index (κ2) is 11.2. The summed E-state index contributed by atoms with van der Waals surface area (Å²) in [7, 11) is -5.61. The van der Waals surface area contributed by atoms with Gasteiger partial charge in [-0.1, -0.05) is 52.0 Å². The highest BCUT2D eigenvalue weighted by Crippen LogP contribution is 2.71. The minimum atomic E-state index is -5.61. The number of alkyl halides is 12. The van der Waals surface area contributed by atoms with E-state index in [1.807, 2.05) is 0 Å². The molecule has 1 aliphatic heterocycles. The van der Waals surface area contributed by atoms with Crippen molar-refractivity contribution >= 4 is 7.82 Å². The lowest BCUT2D eigenvalue weighted by Gasteiger charge is -2.35. The molecule has 4 nitrogen and oxygen atoms in total. The summed E-state index contributed by atoms with van der Waals surface area (Å²) in [5, 5.41) is 0. The zero-order valence-corrected chi connectivity index (χ0v) is 29.2. The molecule has 0 aromatic heterocycles. The number of rotatable bonds is 2. The molecular formula is C37H27F12O4P. The van der Waals surface area contributed by atoms with E-state index in [1.165, 1.54) is 24.3 Å². The summed E-state index contributed by atoms with van der Waals surface area (Å²) in [6.45, 7) is 7.07. The monoisotopic (exact) mass is 794 g/mol. The minimum Gasteiger partial charge on any atom is -0.394 e. The van der Waals surface area contributed by atoms with Gasteiger partial charge in [-0.3, -0.25) is 4.89 Å². The van der Waals surface area contributed by atoms with E-state index in [9.17, 15) is 62.1 Å². The first-order valence-electron chi connectivity index (χ1n) is 16.1. The molecular weight excluding hydrogens is 767 g/mol.